The van der Waals surface area contributed by atoms with E-state index in [0.29, 0.717) is 19.6 Å². The number of aromatic nitrogens is 2. The predicted octanol–water partition coefficient (Wildman–Crippen LogP) is 1.91. The Hall–Kier alpha value is -2.06. The van der Waals surface area contributed by atoms with Gasteiger partial charge in [-0.2, -0.15) is 18.2 Å². The number of nitrogens with one attached hydrogen (secondary N) is 1. The third-order valence-electron chi connectivity index (χ3n) is 3.89. The quantitative estimate of drug-likeness (QED) is 0.903. The van der Waals surface area contributed by atoms with E-state index >= 15 is 0 Å². The molecule has 9 heteroatoms. The fourth-order valence-electron chi connectivity index (χ4n) is 2.64. The number of hydrogen-bond acceptors (Lipinski definition) is 5. The lowest BCUT2D eigenvalue weighted by atomic mass is 9.98. The van der Waals surface area contributed by atoms with E-state index in [0.717, 1.165) is 18.9 Å². The van der Waals surface area contributed by atoms with E-state index in [2.05, 4.69) is 15.3 Å². The molecular weight excluding hydrogens is 323 g/mol. The number of amides is 1. The van der Waals surface area contributed by atoms with Crippen molar-refractivity contribution >= 4 is 17.7 Å². The summed E-state index contributed by atoms with van der Waals surface area (Å²) >= 11 is 0. The predicted molar refractivity (Wildman–Crippen MR) is 85.0 cm³/mol. The maximum Gasteiger partial charge on any atom is 0.433 e. The smallest absolute Gasteiger partial charge is 0.363 e. The average molecular weight is 345 g/mol. The van der Waals surface area contributed by atoms with Gasteiger partial charge in [0.05, 0.1) is 0 Å². The second-order valence-electron chi connectivity index (χ2n) is 6.19. The van der Waals surface area contributed by atoms with E-state index in [9.17, 15) is 18.0 Å². The minimum Gasteiger partial charge on any atom is -0.363 e. The van der Waals surface area contributed by atoms with Crippen molar-refractivity contribution in [3.8, 4) is 0 Å². The molecule has 1 amide bonds. The Bertz CT molecular complexity index is 591. The van der Waals surface area contributed by atoms with Gasteiger partial charge in [-0.05, 0) is 18.8 Å². The molecule has 0 aliphatic carbocycles. The number of hydrogen-bond donors (Lipinski definition) is 1. The van der Waals surface area contributed by atoms with Crippen LogP contribution in [-0.2, 0) is 11.0 Å². The van der Waals surface area contributed by atoms with E-state index in [-0.39, 0.29) is 23.6 Å². The highest BCUT2D eigenvalue weighted by Crippen LogP contribution is 2.31. The molecule has 1 saturated heterocycles. The molecule has 0 radical (unpaired) electrons. The van der Waals surface area contributed by atoms with Crippen LogP contribution in [0, 0.1) is 5.92 Å². The van der Waals surface area contributed by atoms with Gasteiger partial charge in [0, 0.05) is 46.7 Å². The van der Waals surface area contributed by atoms with Crippen molar-refractivity contribution in [2.24, 2.45) is 5.92 Å². The van der Waals surface area contributed by atoms with E-state index < -0.39 is 11.9 Å². The Morgan fingerprint density at radius 3 is 2.71 bits per heavy atom. The zero-order chi connectivity index (χ0) is 17.9. The molecule has 6 nitrogen and oxygen atoms in total. The Kier molecular flexibility index (Phi) is 5.51. The second-order valence-corrected chi connectivity index (χ2v) is 6.19. The zero-order valence-corrected chi connectivity index (χ0v) is 14.0. The van der Waals surface area contributed by atoms with Crippen molar-refractivity contribution in [1.29, 1.82) is 0 Å². The maximum absolute atomic E-state index is 13.1. The molecule has 1 fully saturated rings. The lowest BCUT2D eigenvalue weighted by Crippen LogP contribution is -2.41. The summed E-state index contributed by atoms with van der Waals surface area (Å²) in [6, 6.07) is 0.947. The van der Waals surface area contributed by atoms with E-state index in [4.69, 9.17) is 0 Å². The summed E-state index contributed by atoms with van der Waals surface area (Å²) in [5.41, 5.74) is -0.944. The summed E-state index contributed by atoms with van der Waals surface area (Å²) in [5.74, 6) is 0.360. The topological polar surface area (TPSA) is 61.4 Å². The number of anilines is 2. The van der Waals surface area contributed by atoms with Gasteiger partial charge in [-0.15, -0.1) is 0 Å². The number of rotatable bonds is 4. The van der Waals surface area contributed by atoms with E-state index in [1.165, 1.54) is 11.8 Å². The van der Waals surface area contributed by atoms with Gasteiger partial charge in [0.1, 0.15) is 5.82 Å². The molecule has 1 aliphatic heterocycles. The SMILES string of the molecule is CC(=O)NCC1CCCN(c2nc(N(C)C)cc(C(F)(F)F)n2)C1. The highest BCUT2D eigenvalue weighted by atomic mass is 19.4. The summed E-state index contributed by atoms with van der Waals surface area (Å²) in [4.78, 5) is 22.3. The van der Waals surface area contributed by atoms with Gasteiger partial charge in [0.2, 0.25) is 11.9 Å². The maximum atomic E-state index is 13.1. The van der Waals surface area contributed by atoms with Crippen LogP contribution in [0.5, 0.6) is 0 Å². The molecule has 0 aromatic carbocycles. The lowest BCUT2D eigenvalue weighted by Gasteiger charge is -2.33. The fourth-order valence-corrected chi connectivity index (χ4v) is 2.64. The third-order valence-corrected chi connectivity index (χ3v) is 3.89. The molecule has 1 unspecified atom stereocenters. The number of nitrogens with zero attached hydrogens (tertiary/aromatic N) is 4. The van der Waals surface area contributed by atoms with Crippen LogP contribution >= 0.6 is 0 Å². The first kappa shape index (κ1) is 18.3. The van der Waals surface area contributed by atoms with Gasteiger partial charge in [0.15, 0.2) is 5.69 Å². The largest absolute Gasteiger partial charge is 0.433 e. The van der Waals surface area contributed by atoms with Gasteiger partial charge >= 0.3 is 6.18 Å². The minimum absolute atomic E-state index is 0.0843. The zero-order valence-electron chi connectivity index (χ0n) is 14.0. The molecule has 1 aliphatic rings. The summed E-state index contributed by atoms with van der Waals surface area (Å²) in [5, 5.41) is 2.76. The van der Waals surface area contributed by atoms with Crippen molar-refractivity contribution < 1.29 is 18.0 Å². The molecule has 1 aromatic rings. The van der Waals surface area contributed by atoms with E-state index in [1.807, 2.05) is 0 Å². The fraction of sp³-hybridized carbons (Fsp3) is 0.667. The summed E-state index contributed by atoms with van der Waals surface area (Å²) in [6.07, 6.45) is -2.79. The molecule has 0 bridgehead atoms. The molecule has 0 saturated carbocycles. The second kappa shape index (κ2) is 7.23. The van der Waals surface area contributed by atoms with Crippen LogP contribution in [0.15, 0.2) is 6.07 Å². The molecule has 1 atom stereocenters. The van der Waals surface area contributed by atoms with Crippen LogP contribution in [0.3, 0.4) is 0 Å². The number of halogens is 3. The van der Waals surface area contributed by atoms with E-state index in [1.54, 1.807) is 19.0 Å². The number of piperidine rings is 1. The monoisotopic (exact) mass is 345 g/mol. The molecule has 1 aromatic heterocycles. The molecule has 0 spiro atoms. The van der Waals surface area contributed by atoms with Crippen LogP contribution in [0.1, 0.15) is 25.5 Å². The van der Waals surface area contributed by atoms with Crippen LogP contribution in [-0.4, -0.2) is 49.6 Å². The van der Waals surface area contributed by atoms with Gasteiger partial charge in [-0.25, -0.2) is 4.98 Å². The third kappa shape index (κ3) is 4.72. The Balaban J connectivity index is 2.23. The molecule has 134 valence electrons. The van der Waals surface area contributed by atoms with Crippen molar-refractivity contribution in [3.63, 3.8) is 0 Å². The van der Waals surface area contributed by atoms with Gasteiger partial charge < -0.3 is 15.1 Å². The highest BCUT2D eigenvalue weighted by Gasteiger charge is 2.35. The van der Waals surface area contributed by atoms with Gasteiger partial charge in [-0.3, -0.25) is 4.79 Å². The standard InChI is InChI=1S/C15H22F3N5O/c1-10(24)19-8-11-5-4-6-23(9-11)14-20-12(15(16,17)18)7-13(21-14)22(2)3/h7,11H,4-6,8-9H2,1-3H3,(H,19,24). The summed E-state index contributed by atoms with van der Waals surface area (Å²) in [7, 11) is 3.28. The Labute approximate surface area is 139 Å². The number of carbonyl (C=O) groups is 1. The highest BCUT2D eigenvalue weighted by molar-refractivity contribution is 5.72. The molecule has 2 heterocycles. The normalized spacial score (nSPS) is 18.4. The number of carbonyl (C=O) groups excluding carboxylic acids is 1. The van der Waals surface area contributed by atoms with Crippen LogP contribution in [0.4, 0.5) is 24.9 Å². The Morgan fingerprint density at radius 1 is 1.42 bits per heavy atom. The molecule has 1 N–H and O–H groups in total. The Morgan fingerprint density at radius 2 is 2.12 bits per heavy atom. The first-order chi connectivity index (χ1) is 11.2. The molecule has 2 rings (SSSR count). The van der Waals surface area contributed by atoms with Crippen molar-refractivity contribution in [2.45, 2.75) is 25.9 Å². The van der Waals surface area contributed by atoms with Crippen LogP contribution in [0.25, 0.3) is 0 Å². The first-order valence-electron chi connectivity index (χ1n) is 7.80. The average Bonchev–Trinajstić information content (AvgIpc) is 2.52. The van der Waals surface area contributed by atoms with Gasteiger partial charge in [-0.1, -0.05) is 0 Å². The van der Waals surface area contributed by atoms with Crippen LogP contribution < -0.4 is 15.1 Å². The minimum atomic E-state index is -4.52. The summed E-state index contributed by atoms with van der Waals surface area (Å²) < 4.78 is 39.3. The number of alkyl halides is 3. The summed E-state index contributed by atoms with van der Waals surface area (Å²) in [6.45, 7) is 3.07. The van der Waals surface area contributed by atoms with Crippen molar-refractivity contribution in [1.82, 2.24) is 15.3 Å². The van der Waals surface area contributed by atoms with Crippen molar-refractivity contribution in [3.05, 3.63) is 11.8 Å². The molecular formula is C15H22F3N5O. The lowest BCUT2D eigenvalue weighted by molar-refractivity contribution is -0.141. The first-order valence-corrected chi connectivity index (χ1v) is 7.80. The van der Waals surface area contributed by atoms with Crippen LogP contribution in [0.2, 0.25) is 0 Å². The van der Waals surface area contributed by atoms with Gasteiger partial charge in [0.25, 0.3) is 0 Å². The van der Waals surface area contributed by atoms with Crippen molar-refractivity contribution in [2.75, 3.05) is 43.5 Å². The molecule has 24 heavy (non-hydrogen) atoms.